The molecule has 0 saturated carbocycles. The monoisotopic (exact) mass is 262 g/mol. The highest BCUT2D eigenvalue weighted by atomic mass is 16.4. The highest BCUT2D eigenvalue weighted by Crippen LogP contribution is 2.37. The van der Waals surface area contributed by atoms with Gasteiger partial charge in [-0.25, -0.2) is 4.99 Å². The Bertz CT molecular complexity index is 509. The largest absolute Gasteiger partial charge is 0.428 e. The molecule has 0 aliphatic heterocycles. The molecule has 0 fully saturated rings. The molecule has 1 heterocycles. The molecule has 0 radical (unpaired) electrons. The van der Waals surface area contributed by atoms with Crippen molar-refractivity contribution in [2.24, 2.45) is 4.99 Å². The second-order valence-corrected chi connectivity index (χ2v) is 7.14. The fraction of sp³-hybridized carbons (Fsp3) is 0.800. The van der Waals surface area contributed by atoms with Crippen LogP contribution in [0.4, 0.5) is 0 Å². The van der Waals surface area contributed by atoms with Gasteiger partial charge in [0.1, 0.15) is 13.6 Å². The fourth-order valence-electron chi connectivity index (χ4n) is 2.97. The van der Waals surface area contributed by atoms with Gasteiger partial charge in [-0.3, -0.25) is 4.57 Å². The van der Waals surface area contributed by atoms with Gasteiger partial charge >= 0.3 is 0 Å². The molecule has 1 aromatic heterocycles. The van der Waals surface area contributed by atoms with E-state index in [1.807, 2.05) is 0 Å². The lowest BCUT2D eigenvalue weighted by molar-refractivity contribution is 0.387. The SMILES string of the molecule is BC1(C)CCCc2c(o/c(=N\C(C)C)n2C(C)C)C1. The molecule has 0 saturated heterocycles. The summed E-state index contributed by atoms with van der Waals surface area (Å²) in [7, 11) is 2.34. The van der Waals surface area contributed by atoms with E-state index in [0.717, 1.165) is 24.3 Å². The standard InChI is InChI=1S/C15H27BN2O/c1-10(2)17-14-18(11(3)4)12-7-6-8-15(5,16)9-13(12)19-14/h10-11H,6-9,16H2,1-5H3/b17-14-. The number of fused-ring (bicyclic) bond motifs is 1. The summed E-state index contributed by atoms with van der Waals surface area (Å²) in [5.74, 6) is 1.16. The van der Waals surface area contributed by atoms with E-state index >= 15 is 0 Å². The van der Waals surface area contributed by atoms with Crippen LogP contribution in [0.2, 0.25) is 5.31 Å². The van der Waals surface area contributed by atoms with Crippen molar-refractivity contribution in [3.63, 3.8) is 0 Å². The molecule has 1 atom stereocenters. The molecule has 2 rings (SSSR count). The van der Waals surface area contributed by atoms with Gasteiger partial charge in [0, 0.05) is 18.5 Å². The van der Waals surface area contributed by atoms with Crippen molar-refractivity contribution in [1.29, 1.82) is 0 Å². The lowest BCUT2D eigenvalue weighted by Crippen LogP contribution is -2.22. The summed E-state index contributed by atoms with van der Waals surface area (Å²) in [6.45, 7) is 11.0. The number of nitrogens with zero attached hydrogens (tertiary/aromatic N) is 2. The molecule has 1 aliphatic rings. The van der Waals surface area contributed by atoms with E-state index in [2.05, 4.69) is 52.0 Å². The number of aromatic nitrogens is 1. The molecule has 0 amide bonds. The van der Waals surface area contributed by atoms with Gasteiger partial charge in [0.25, 0.3) is 5.68 Å². The van der Waals surface area contributed by atoms with Crippen molar-refractivity contribution in [1.82, 2.24) is 4.57 Å². The van der Waals surface area contributed by atoms with Crippen LogP contribution in [0.15, 0.2) is 9.41 Å². The van der Waals surface area contributed by atoms with Gasteiger partial charge in [0.05, 0.1) is 5.69 Å². The zero-order valence-corrected chi connectivity index (χ0v) is 13.3. The maximum atomic E-state index is 6.12. The van der Waals surface area contributed by atoms with Crippen LogP contribution >= 0.6 is 0 Å². The van der Waals surface area contributed by atoms with Crippen LogP contribution in [0.3, 0.4) is 0 Å². The maximum Gasteiger partial charge on any atom is 0.297 e. The van der Waals surface area contributed by atoms with Crippen molar-refractivity contribution in [3.05, 3.63) is 17.1 Å². The molecule has 0 N–H and O–H groups in total. The summed E-state index contributed by atoms with van der Waals surface area (Å²) in [5.41, 5.74) is 2.19. The van der Waals surface area contributed by atoms with Crippen LogP contribution in [0.5, 0.6) is 0 Å². The summed E-state index contributed by atoms with van der Waals surface area (Å²) in [4.78, 5) is 4.66. The quantitative estimate of drug-likeness (QED) is 0.595. The van der Waals surface area contributed by atoms with E-state index in [9.17, 15) is 0 Å². The molecule has 1 aromatic rings. The first-order valence-corrected chi connectivity index (χ1v) is 7.57. The highest BCUT2D eigenvalue weighted by Gasteiger charge is 2.28. The Balaban J connectivity index is 2.56. The molecule has 3 nitrogen and oxygen atoms in total. The fourth-order valence-corrected chi connectivity index (χ4v) is 2.97. The second-order valence-electron chi connectivity index (χ2n) is 7.14. The molecule has 19 heavy (non-hydrogen) atoms. The normalized spacial score (nSPS) is 24.9. The summed E-state index contributed by atoms with van der Waals surface area (Å²) >= 11 is 0. The van der Waals surface area contributed by atoms with Gasteiger partial charge in [-0.15, -0.1) is 0 Å². The first-order chi connectivity index (χ1) is 8.80. The van der Waals surface area contributed by atoms with E-state index < -0.39 is 0 Å². The van der Waals surface area contributed by atoms with Crippen LogP contribution in [0, 0.1) is 0 Å². The molecule has 106 valence electrons. The minimum Gasteiger partial charge on any atom is -0.428 e. The molecule has 1 unspecified atom stereocenters. The topological polar surface area (TPSA) is 30.4 Å². The van der Waals surface area contributed by atoms with Gasteiger partial charge in [0.2, 0.25) is 0 Å². The Morgan fingerprint density at radius 2 is 2.00 bits per heavy atom. The average molecular weight is 262 g/mol. The number of oxazole rings is 1. The summed E-state index contributed by atoms with van der Waals surface area (Å²) < 4.78 is 8.42. The smallest absolute Gasteiger partial charge is 0.297 e. The second kappa shape index (κ2) is 5.22. The molecule has 4 heteroatoms. The molecule has 0 aromatic carbocycles. The molecule has 0 bridgehead atoms. The lowest BCUT2D eigenvalue weighted by Gasteiger charge is -2.20. The Hall–Kier alpha value is -0.925. The minimum absolute atomic E-state index is 0.271. The zero-order chi connectivity index (χ0) is 14.2. The maximum absolute atomic E-state index is 6.12. The predicted molar refractivity (Wildman–Crippen MR) is 81.3 cm³/mol. The Morgan fingerprint density at radius 1 is 1.32 bits per heavy atom. The van der Waals surface area contributed by atoms with Crippen LogP contribution in [-0.2, 0) is 12.8 Å². The van der Waals surface area contributed by atoms with Gasteiger partial charge in [-0.1, -0.05) is 18.7 Å². The Labute approximate surface area is 117 Å². The lowest BCUT2D eigenvalue weighted by atomic mass is 9.65. The summed E-state index contributed by atoms with van der Waals surface area (Å²) in [5, 5.41) is 0.340. The van der Waals surface area contributed by atoms with Crippen molar-refractivity contribution >= 4 is 7.85 Å². The first kappa shape index (κ1) is 14.5. The molecule has 1 aliphatic carbocycles. The van der Waals surface area contributed by atoms with E-state index in [0.29, 0.717) is 11.4 Å². The number of rotatable bonds is 2. The van der Waals surface area contributed by atoms with E-state index in [-0.39, 0.29) is 6.04 Å². The number of hydrogen-bond donors (Lipinski definition) is 0. The Kier molecular flexibility index (Phi) is 3.98. The van der Waals surface area contributed by atoms with Crippen molar-refractivity contribution in [3.8, 4) is 0 Å². The summed E-state index contributed by atoms with van der Waals surface area (Å²) in [6.07, 6.45) is 4.66. The van der Waals surface area contributed by atoms with Gasteiger partial charge < -0.3 is 4.42 Å². The van der Waals surface area contributed by atoms with Crippen LogP contribution in [0.1, 0.15) is 65.0 Å². The van der Waals surface area contributed by atoms with Gasteiger partial charge in [-0.2, -0.15) is 0 Å². The van der Waals surface area contributed by atoms with Crippen LogP contribution in [-0.4, -0.2) is 18.5 Å². The third kappa shape index (κ3) is 3.15. The van der Waals surface area contributed by atoms with Crippen molar-refractivity contribution < 1.29 is 4.42 Å². The first-order valence-electron chi connectivity index (χ1n) is 7.57. The van der Waals surface area contributed by atoms with Crippen LogP contribution < -0.4 is 5.68 Å². The highest BCUT2D eigenvalue weighted by molar-refractivity contribution is 6.15. The van der Waals surface area contributed by atoms with Crippen molar-refractivity contribution in [2.75, 3.05) is 0 Å². The van der Waals surface area contributed by atoms with Gasteiger partial charge in [0.15, 0.2) is 0 Å². The number of hydrogen-bond acceptors (Lipinski definition) is 2. The minimum atomic E-state index is 0.271. The van der Waals surface area contributed by atoms with E-state index in [4.69, 9.17) is 4.42 Å². The average Bonchev–Trinajstić information content (AvgIpc) is 2.46. The van der Waals surface area contributed by atoms with Gasteiger partial charge in [-0.05, 0) is 40.5 Å². The molecular formula is C15H27BN2O. The van der Waals surface area contributed by atoms with Crippen LogP contribution in [0.25, 0.3) is 0 Å². The van der Waals surface area contributed by atoms with Crippen molar-refractivity contribution in [2.45, 2.75) is 77.7 Å². The third-order valence-electron chi connectivity index (χ3n) is 3.82. The van der Waals surface area contributed by atoms with E-state index in [1.54, 1.807) is 0 Å². The van der Waals surface area contributed by atoms with E-state index in [1.165, 1.54) is 18.5 Å². The Morgan fingerprint density at radius 3 is 2.58 bits per heavy atom. The zero-order valence-electron chi connectivity index (χ0n) is 13.3. The third-order valence-corrected chi connectivity index (χ3v) is 3.82. The molecule has 0 spiro atoms. The summed E-state index contributed by atoms with van der Waals surface area (Å²) in [6, 6.07) is 0.680. The predicted octanol–water partition coefficient (Wildman–Crippen LogP) is 2.66. The molecular weight excluding hydrogens is 235 g/mol.